The van der Waals surface area contributed by atoms with Crippen LogP contribution in [-0.2, 0) is 21.4 Å². The number of carbonyl (C=O) groups is 3. The van der Waals surface area contributed by atoms with Crippen molar-refractivity contribution < 1.29 is 33.0 Å². The third-order valence-electron chi connectivity index (χ3n) is 5.41. The molecule has 1 heterocycles. The molecule has 0 aliphatic carbocycles. The highest BCUT2D eigenvalue weighted by Gasteiger charge is 2.22. The lowest BCUT2D eigenvalue weighted by molar-refractivity contribution is -0.139. The Kier molecular flexibility index (Phi) is 10.2. The minimum absolute atomic E-state index is 0.00570. The molecule has 1 atom stereocenters. The molecule has 2 amide bonds. The molecule has 3 aromatic rings. The van der Waals surface area contributed by atoms with Gasteiger partial charge in [-0.25, -0.2) is 17.9 Å². The standard InChI is InChI=1S/C25H26ClN3O7S2/c26-20-14-17(23(31)27-15-16-5-3-6-18(30)13-16)9-10-19(20)24(32)29-21(25(33)34)7-1-2-11-28-38(35,36)22-8-4-12-37-22/h3-6,8-10,12-14,21,28,30H,1-2,7,11,15H2,(H,27,31)(H,29,32)(H,33,34)/t21-/m0/s1. The Morgan fingerprint density at radius 2 is 1.79 bits per heavy atom. The topological polar surface area (TPSA) is 162 Å². The first kappa shape index (κ1) is 29.1. The Hall–Kier alpha value is -3.45. The summed E-state index contributed by atoms with van der Waals surface area (Å²) >= 11 is 7.31. The molecule has 0 bridgehead atoms. The number of nitrogens with one attached hydrogen (secondary N) is 3. The molecule has 0 saturated heterocycles. The van der Waals surface area contributed by atoms with Gasteiger partial charge in [0.1, 0.15) is 16.0 Å². The highest BCUT2D eigenvalue weighted by molar-refractivity contribution is 7.91. The molecule has 38 heavy (non-hydrogen) atoms. The number of sulfonamides is 1. The number of amides is 2. The predicted octanol–water partition coefficient (Wildman–Crippen LogP) is 3.37. The van der Waals surface area contributed by atoms with Gasteiger partial charge in [-0.15, -0.1) is 11.3 Å². The maximum Gasteiger partial charge on any atom is 0.326 e. The van der Waals surface area contributed by atoms with Crippen molar-refractivity contribution in [1.29, 1.82) is 0 Å². The first-order chi connectivity index (χ1) is 18.1. The van der Waals surface area contributed by atoms with Gasteiger partial charge in [-0.05, 0) is 66.6 Å². The molecule has 0 aliphatic heterocycles. The fraction of sp³-hybridized carbons (Fsp3) is 0.240. The van der Waals surface area contributed by atoms with Gasteiger partial charge in [0.05, 0.1) is 10.6 Å². The number of carbonyl (C=O) groups excluding carboxylic acids is 2. The quantitative estimate of drug-likeness (QED) is 0.194. The van der Waals surface area contributed by atoms with Crippen LogP contribution in [0.25, 0.3) is 0 Å². The Bertz CT molecular complexity index is 1400. The molecule has 0 aliphatic rings. The van der Waals surface area contributed by atoms with Crippen LogP contribution in [0.4, 0.5) is 0 Å². The van der Waals surface area contributed by atoms with E-state index in [0.29, 0.717) is 18.4 Å². The lowest BCUT2D eigenvalue weighted by Gasteiger charge is -2.15. The fourth-order valence-electron chi connectivity index (χ4n) is 3.45. The average Bonchev–Trinajstić information content (AvgIpc) is 3.42. The summed E-state index contributed by atoms with van der Waals surface area (Å²) in [5.74, 6) is -2.32. The summed E-state index contributed by atoms with van der Waals surface area (Å²) < 4.78 is 26.9. The van der Waals surface area contributed by atoms with Gasteiger partial charge in [0, 0.05) is 18.7 Å². The number of aliphatic carboxylic acids is 1. The van der Waals surface area contributed by atoms with Crippen molar-refractivity contribution in [2.75, 3.05) is 6.54 Å². The van der Waals surface area contributed by atoms with Crippen molar-refractivity contribution in [3.63, 3.8) is 0 Å². The molecule has 0 radical (unpaired) electrons. The lowest BCUT2D eigenvalue weighted by atomic mass is 10.1. The van der Waals surface area contributed by atoms with Crippen molar-refractivity contribution in [3.05, 3.63) is 81.7 Å². The van der Waals surface area contributed by atoms with Crippen LogP contribution >= 0.6 is 22.9 Å². The number of benzene rings is 2. The molecule has 13 heteroatoms. The lowest BCUT2D eigenvalue weighted by Crippen LogP contribution is -2.41. The fourth-order valence-corrected chi connectivity index (χ4v) is 5.83. The zero-order valence-electron chi connectivity index (χ0n) is 20.0. The molecule has 2 aromatic carbocycles. The molecule has 0 fully saturated rings. The Labute approximate surface area is 228 Å². The van der Waals surface area contributed by atoms with Gasteiger partial charge in [0.15, 0.2) is 0 Å². The molecule has 5 N–H and O–H groups in total. The van der Waals surface area contributed by atoms with Crippen molar-refractivity contribution in [2.45, 2.75) is 36.1 Å². The molecule has 202 valence electrons. The summed E-state index contributed by atoms with van der Waals surface area (Å²) in [6, 6.07) is 12.4. The van der Waals surface area contributed by atoms with Crippen molar-refractivity contribution in [2.24, 2.45) is 0 Å². The zero-order valence-corrected chi connectivity index (χ0v) is 22.4. The van der Waals surface area contributed by atoms with Crippen molar-refractivity contribution in [1.82, 2.24) is 15.4 Å². The Balaban J connectivity index is 1.50. The number of carboxylic acid groups (broad SMARTS) is 1. The first-order valence-electron chi connectivity index (χ1n) is 11.5. The summed E-state index contributed by atoms with van der Waals surface area (Å²) in [6.45, 7) is 0.296. The van der Waals surface area contributed by atoms with Crippen LogP contribution in [-0.4, -0.2) is 49.0 Å². The number of aromatic hydroxyl groups is 1. The van der Waals surface area contributed by atoms with Gasteiger partial charge in [-0.2, -0.15) is 0 Å². The predicted molar refractivity (Wildman–Crippen MR) is 143 cm³/mol. The number of phenolic OH excluding ortho intramolecular Hbond substituents is 1. The summed E-state index contributed by atoms with van der Waals surface area (Å²) in [5, 5.41) is 25.8. The molecule has 3 rings (SSSR count). The highest BCUT2D eigenvalue weighted by atomic mass is 35.5. The monoisotopic (exact) mass is 579 g/mol. The van der Waals surface area contributed by atoms with E-state index in [4.69, 9.17) is 11.6 Å². The van der Waals surface area contributed by atoms with Gasteiger partial charge in [-0.3, -0.25) is 9.59 Å². The van der Waals surface area contributed by atoms with Gasteiger partial charge < -0.3 is 20.8 Å². The largest absolute Gasteiger partial charge is 0.508 e. The van der Waals surface area contributed by atoms with E-state index in [9.17, 15) is 33.0 Å². The summed E-state index contributed by atoms with van der Waals surface area (Å²) in [6.07, 6.45) is 0.794. The molecule has 10 nitrogen and oxygen atoms in total. The van der Waals surface area contributed by atoms with E-state index in [2.05, 4.69) is 15.4 Å². The molecule has 1 aromatic heterocycles. The number of thiophene rings is 1. The van der Waals surface area contributed by atoms with Gasteiger partial charge in [0.25, 0.3) is 11.8 Å². The van der Waals surface area contributed by atoms with E-state index < -0.39 is 33.8 Å². The van der Waals surface area contributed by atoms with Gasteiger partial charge >= 0.3 is 5.97 Å². The van der Waals surface area contributed by atoms with E-state index in [-0.39, 0.29) is 45.6 Å². The van der Waals surface area contributed by atoms with E-state index in [1.165, 1.54) is 36.4 Å². The first-order valence-corrected chi connectivity index (χ1v) is 14.2. The molecular weight excluding hydrogens is 554 g/mol. The maximum absolute atomic E-state index is 12.7. The number of unbranched alkanes of at least 4 members (excludes halogenated alkanes) is 1. The van der Waals surface area contributed by atoms with Crippen LogP contribution in [0, 0.1) is 0 Å². The summed E-state index contributed by atoms with van der Waals surface area (Å²) in [4.78, 5) is 36.8. The SMILES string of the molecule is O=C(NCc1cccc(O)c1)c1ccc(C(=O)N[C@@H](CCCCNS(=O)(=O)c2cccs2)C(=O)O)c(Cl)c1. The number of rotatable bonds is 13. The van der Waals surface area contributed by atoms with Crippen LogP contribution in [0.1, 0.15) is 45.5 Å². The summed E-state index contributed by atoms with van der Waals surface area (Å²) in [7, 11) is -3.59. The van der Waals surface area contributed by atoms with Gasteiger partial charge in [-0.1, -0.05) is 29.8 Å². The third-order valence-corrected chi connectivity index (χ3v) is 8.59. The maximum atomic E-state index is 12.7. The van der Waals surface area contributed by atoms with Crippen molar-refractivity contribution >= 4 is 50.7 Å². The third kappa shape index (κ3) is 8.28. The normalized spacial score (nSPS) is 12.0. The minimum atomic E-state index is -3.59. The minimum Gasteiger partial charge on any atom is -0.508 e. The number of phenols is 1. The average molecular weight is 580 g/mol. The highest BCUT2D eigenvalue weighted by Crippen LogP contribution is 2.19. The second-order valence-electron chi connectivity index (χ2n) is 8.24. The summed E-state index contributed by atoms with van der Waals surface area (Å²) in [5.41, 5.74) is 0.901. The second kappa shape index (κ2) is 13.4. The molecular formula is C25H26ClN3O7S2. The second-order valence-corrected chi connectivity index (χ2v) is 11.6. The van der Waals surface area contributed by atoms with E-state index in [0.717, 1.165) is 11.3 Å². The van der Waals surface area contributed by atoms with E-state index in [1.807, 2.05) is 0 Å². The van der Waals surface area contributed by atoms with E-state index >= 15 is 0 Å². The van der Waals surface area contributed by atoms with Crippen molar-refractivity contribution in [3.8, 4) is 5.75 Å². The molecule has 0 spiro atoms. The van der Waals surface area contributed by atoms with Crippen LogP contribution in [0.3, 0.4) is 0 Å². The molecule has 0 saturated carbocycles. The number of halogens is 1. The van der Waals surface area contributed by atoms with Crippen LogP contribution in [0.2, 0.25) is 5.02 Å². The zero-order chi connectivity index (χ0) is 27.7. The number of carboxylic acids is 1. The number of hydrogen-bond donors (Lipinski definition) is 5. The van der Waals surface area contributed by atoms with Crippen LogP contribution < -0.4 is 15.4 Å². The number of hydrogen-bond acceptors (Lipinski definition) is 7. The van der Waals surface area contributed by atoms with Crippen LogP contribution in [0.5, 0.6) is 5.75 Å². The van der Waals surface area contributed by atoms with Gasteiger partial charge in [0.2, 0.25) is 10.0 Å². The van der Waals surface area contributed by atoms with Crippen LogP contribution in [0.15, 0.2) is 64.2 Å². The Morgan fingerprint density at radius 1 is 1.00 bits per heavy atom. The smallest absolute Gasteiger partial charge is 0.326 e. The molecule has 0 unspecified atom stereocenters. The van der Waals surface area contributed by atoms with E-state index in [1.54, 1.807) is 23.6 Å². The Morgan fingerprint density at radius 3 is 2.45 bits per heavy atom.